The summed E-state index contributed by atoms with van der Waals surface area (Å²) in [4.78, 5) is 0. The molecule has 0 aliphatic heterocycles. The van der Waals surface area contributed by atoms with Gasteiger partial charge in [-0.3, -0.25) is 0 Å². The molecule has 1 heteroatoms. The maximum absolute atomic E-state index is 3.52. The van der Waals surface area contributed by atoms with Crippen LogP contribution in [0.3, 0.4) is 0 Å². The molecule has 1 N–H and O–H groups in total. The predicted octanol–water partition coefficient (Wildman–Crippen LogP) is 4.35. The minimum Gasteiger partial charge on any atom is -0.385 e. The second-order valence-corrected chi connectivity index (χ2v) is 4.83. The van der Waals surface area contributed by atoms with E-state index in [1.165, 1.54) is 22.4 Å². The van der Waals surface area contributed by atoms with Gasteiger partial charge in [-0.25, -0.2) is 0 Å². The lowest BCUT2D eigenvalue weighted by Crippen LogP contribution is -2.04. The zero-order valence-electron chi connectivity index (χ0n) is 11.2. The van der Waals surface area contributed by atoms with Gasteiger partial charge in [0, 0.05) is 12.2 Å². The Hall–Kier alpha value is -1.76. The molecule has 2 rings (SSSR count). The number of aryl methyl sites for hydroxylation is 3. The van der Waals surface area contributed by atoms with Gasteiger partial charge in [0.15, 0.2) is 0 Å². The van der Waals surface area contributed by atoms with Gasteiger partial charge >= 0.3 is 0 Å². The van der Waals surface area contributed by atoms with E-state index >= 15 is 0 Å². The van der Waals surface area contributed by atoms with Crippen LogP contribution in [0.1, 0.15) is 23.1 Å². The van der Waals surface area contributed by atoms with E-state index in [-0.39, 0.29) is 0 Å². The number of hydrogen-bond donors (Lipinski definition) is 1. The molecule has 0 saturated heterocycles. The third-order valence-corrected chi connectivity index (χ3v) is 3.19. The summed E-state index contributed by atoms with van der Waals surface area (Å²) in [6, 6.07) is 17.2. The van der Waals surface area contributed by atoms with Gasteiger partial charge in [0.05, 0.1) is 0 Å². The highest BCUT2D eigenvalue weighted by Gasteiger charge is 1.98. The van der Waals surface area contributed by atoms with E-state index in [1.807, 2.05) is 0 Å². The normalized spacial score (nSPS) is 10.3. The minimum atomic E-state index is 1.03. The molecule has 2 aromatic rings. The summed E-state index contributed by atoms with van der Waals surface area (Å²) in [7, 11) is 0. The fourth-order valence-electron chi connectivity index (χ4n) is 2.09. The average Bonchev–Trinajstić information content (AvgIpc) is 2.40. The van der Waals surface area contributed by atoms with Gasteiger partial charge in [-0.1, -0.05) is 42.5 Å². The Bertz CT molecular complexity index is 488. The summed E-state index contributed by atoms with van der Waals surface area (Å²) in [6.45, 7) is 5.31. The maximum Gasteiger partial charge on any atom is 0.0372 e. The van der Waals surface area contributed by atoms with E-state index in [0.29, 0.717) is 0 Å². The molecule has 0 amide bonds. The monoisotopic (exact) mass is 239 g/mol. The molecule has 0 fully saturated rings. The van der Waals surface area contributed by atoms with Gasteiger partial charge in [-0.15, -0.1) is 0 Å². The van der Waals surface area contributed by atoms with Crippen molar-refractivity contribution < 1.29 is 0 Å². The van der Waals surface area contributed by atoms with E-state index in [0.717, 1.165) is 19.4 Å². The number of hydrogen-bond acceptors (Lipinski definition) is 1. The molecule has 0 bridgehead atoms. The first-order chi connectivity index (χ1) is 8.75. The van der Waals surface area contributed by atoms with E-state index in [1.54, 1.807) is 0 Å². The minimum absolute atomic E-state index is 1.03. The summed E-state index contributed by atoms with van der Waals surface area (Å²) < 4.78 is 0. The number of benzene rings is 2. The highest BCUT2D eigenvalue weighted by atomic mass is 14.9. The third kappa shape index (κ3) is 3.63. The van der Waals surface area contributed by atoms with E-state index in [4.69, 9.17) is 0 Å². The summed E-state index contributed by atoms with van der Waals surface area (Å²) in [6.07, 6.45) is 2.30. The lowest BCUT2D eigenvalue weighted by atomic mass is 10.1. The fourth-order valence-corrected chi connectivity index (χ4v) is 2.09. The van der Waals surface area contributed by atoms with Crippen LogP contribution in [0.15, 0.2) is 48.5 Å². The Morgan fingerprint density at radius 1 is 0.944 bits per heavy atom. The van der Waals surface area contributed by atoms with Crippen LogP contribution in [-0.2, 0) is 6.42 Å². The van der Waals surface area contributed by atoms with E-state index in [9.17, 15) is 0 Å². The maximum atomic E-state index is 3.52. The topological polar surface area (TPSA) is 12.0 Å². The summed E-state index contributed by atoms with van der Waals surface area (Å²) >= 11 is 0. The molecule has 0 radical (unpaired) electrons. The van der Waals surface area contributed by atoms with Gasteiger partial charge in [0.2, 0.25) is 0 Å². The fraction of sp³-hybridized carbons (Fsp3) is 0.294. The average molecular weight is 239 g/mol. The van der Waals surface area contributed by atoms with Crippen LogP contribution in [0.2, 0.25) is 0 Å². The number of nitrogens with one attached hydrogen (secondary N) is 1. The summed E-state index contributed by atoms with van der Waals surface area (Å²) in [5.41, 5.74) is 5.31. The Balaban J connectivity index is 1.80. The molecule has 0 aliphatic rings. The largest absolute Gasteiger partial charge is 0.385 e. The first kappa shape index (κ1) is 12.7. The summed E-state index contributed by atoms with van der Waals surface area (Å²) in [5, 5.41) is 3.52. The van der Waals surface area contributed by atoms with Crippen LogP contribution in [0, 0.1) is 13.8 Å². The van der Waals surface area contributed by atoms with Crippen LogP contribution in [0.25, 0.3) is 0 Å². The molecule has 0 atom stereocenters. The SMILES string of the molecule is Cc1ccc(C)c(NCCCc2ccccc2)c1. The highest BCUT2D eigenvalue weighted by Crippen LogP contribution is 2.16. The smallest absolute Gasteiger partial charge is 0.0372 e. The predicted molar refractivity (Wildman–Crippen MR) is 79.2 cm³/mol. The van der Waals surface area contributed by atoms with Crippen LogP contribution in [0.4, 0.5) is 5.69 Å². The lowest BCUT2D eigenvalue weighted by molar-refractivity contribution is 0.862. The van der Waals surface area contributed by atoms with Crippen LogP contribution in [-0.4, -0.2) is 6.54 Å². The summed E-state index contributed by atoms with van der Waals surface area (Å²) in [5.74, 6) is 0. The van der Waals surface area contributed by atoms with Gasteiger partial charge in [0.1, 0.15) is 0 Å². The molecule has 18 heavy (non-hydrogen) atoms. The molecule has 0 aliphatic carbocycles. The van der Waals surface area contributed by atoms with Crippen molar-refractivity contribution in [3.05, 3.63) is 65.2 Å². The Morgan fingerprint density at radius 3 is 2.50 bits per heavy atom. The van der Waals surface area contributed by atoms with Crippen molar-refractivity contribution in [2.75, 3.05) is 11.9 Å². The van der Waals surface area contributed by atoms with Gasteiger partial charge in [-0.2, -0.15) is 0 Å². The molecule has 0 saturated carbocycles. The molecule has 0 aromatic heterocycles. The zero-order valence-corrected chi connectivity index (χ0v) is 11.2. The Morgan fingerprint density at radius 2 is 1.72 bits per heavy atom. The molecule has 0 heterocycles. The lowest BCUT2D eigenvalue weighted by Gasteiger charge is -2.10. The van der Waals surface area contributed by atoms with Crippen LogP contribution in [0.5, 0.6) is 0 Å². The first-order valence-corrected chi connectivity index (χ1v) is 6.61. The van der Waals surface area contributed by atoms with Crippen molar-refractivity contribution in [2.24, 2.45) is 0 Å². The van der Waals surface area contributed by atoms with Crippen molar-refractivity contribution in [1.29, 1.82) is 0 Å². The molecule has 94 valence electrons. The van der Waals surface area contributed by atoms with Crippen molar-refractivity contribution >= 4 is 5.69 Å². The highest BCUT2D eigenvalue weighted by molar-refractivity contribution is 5.52. The quantitative estimate of drug-likeness (QED) is 0.765. The van der Waals surface area contributed by atoms with Crippen LogP contribution < -0.4 is 5.32 Å². The van der Waals surface area contributed by atoms with E-state index < -0.39 is 0 Å². The third-order valence-electron chi connectivity index (χ3n) is 3.19. The van der Waals surface area contributed by atoms with Gasteiger partial charge in [0.25, 0.3) is 0 Å². The van der Waals surface area contributed by atoms with E-state index in [2.05, 4.69) is 67.7 Å². The van der Waals surface area contributed by atoms with Crippen molar-refractivity contribution in [3.63, 3.8) is 0 Å². The number of anilines is 1. The molecule has 0 spiro atoms. The Kier molecular flexibility index (Phi) is 4.40. The molecular formula is C17H21N. The van der Waals surface area contributed by atoms with Crippen LogP contribution >= 0.6 is 0 Å². The standard InChI is InChI=1S/C17H21N/c1-14-10-11-15(2)17(13-14)18-12-6-9-16-7-4-3-5-8-16/h3-5,7-8,10-11,13,18H,6,9,12H2,1-2H3. The zero-order chi connectivity index (χ0) is 12.8. The molecular weight excluding hydrogens is 218 g/mol. The van der Waals surface area contributed by atoms with Crippen molar-refractivity contribution in [2.45, 2.75) is 26.7 Å². The molecule has 1 nitrogen and oxygen atoms in total. The second-order valence-electron chi connectivity index (χ2n) is 4.83. The van der Waals surface area contributed by atoms with Crippen molar-refractivity contribution in [1.82, 2.24) is 0 Å². The number of rotatable bonds is 5. The van der Waals surface area contributed by atoms with Crippen molar-refractivity contribution in [3.8, 4) is 0 Å². The molecule has 2 aromatic carbocycles. The second kappa shape index (κ2) is 6.25. The van der Waals surface area contributed by atoms with Gasteiger partial charge < -0.3 is 5.32 Å². The molecule has 0 unspecified atom stereocenters. The first-order valence-electron chi connectivity index (χ1n) is 6.61. The Labute approximate surface area is 110 Å². The van der Waals surface area contributed by atoms with Gasteiger partial charge in [-0.05, 0) is 49.4 Å².